The average molecular weight is 341 g/mol. The van der Waals surface area contributed by atoms with Gasteiger partial charge in [-0.15, -0.1) is 0 Å². The van der Waals surface area contributed by atoms with Gasteiger partial charge in [0, 0.05) is 0 Å². The number of allylic oxidation sites excluding steroid dienone is 1. The van der Waals surface area contributed by atoms with E-state index in [0.717, 1.165) is 0 Å². The van der Waals surface area contributed by atoms with Crippen LogP contribution in [0.2, 0.25) is 0 Å². The minimum absolute atomic E-state index is 1.24. The molecule has 0 heterocycles. The summed E-state index contributed by atoms with van der Waals surface area (Å²) in [7, 11) is 0. The van der Waals surface area contributed by atoms with Crippen molar-refractivity contribution in [1.82, 2.24) is 0 Å². The molecule has 0 aliphatic heterocycles. The Hall–Kier alpha value is -2.34. The van der Waals surface area contributed by atoms with Crippen LogP contribution in [0.5, 0.6) is 0 Å². The van der Waals surface area contributed by atoms with E-state index in [1.165, 1.54) is 76.3 Å². The second-order valence-electron chi connectivity index (χ2n) is 7.84. The molecule has 0 spiro atoms. The lowest BCUT2D eigenvalue weighted by Gasteiger charge is -2.24. The predicted octanol–water partition coefficient (Wildman–Crippen LogP) is 7.53. The summed E-state index contributed by atoms with van der Waals surface area (Å²) in [5.74, 6) is 0. The fraction of sp³-hybridized carbons (Fsp3) is 0.308. The third-order valence-electron chi connectivity index (χ3n) is 5.80. The summed E-state index contributed by atoms with van der Waals surface area (Å²) in [6.07, 6.45) is 6.51. The largest absolute Gasteiger partial charge is 0.0617 e. The van der Waals surface area contributed by atoms with E-state index in [-0.39, 0.29) is 0 Å². The van der Waals surface area contributed by atoms with Gasteiger partial charge in [0.15, 0.2) is 0 Å². The molecule has 4 rings (SSSR count). The van der Waals surface area contributed by atoms with Crippen LogP contribution in [-0.2, 0) is 0 Å². The molecule has 1 fully saturated rings. The zero-order chi connectivity index (χ0) is 18.1. The van der Waals surface area contributed by atoms with Crippen LogP contribution in [0.15, 0.2) is 60.2 Å². The smallest absolute Gasteiger partial charge is 0.00996 e. The Morgan fingerprint density at radius 2 is 1.38 bits per heavy atom. The fourth-order valence-electron chi connectivity index (χ4n) is 4.75. The molecule has 0 N–H and O–H groups in total. The third kappa shape index (κ3) is 3.09. The SMILES string of the molecule is Cc1cc(C)c(C(=C2CCCCC2)c2cccc3ccccc23)c(C)c1. The summed E-state index contributed by atoms with van der Waals surface area (Å²) < 4.78 is 0. The van der Waals surface area contributed by atoms with Crippen molar-refractivity contribution in [1.29, 1.82) is 0 Å². The van der Waals surface area contributed by atoms with E-state index in [1.807, 2.05) is 0 Å². The van der Waals surface area contributed by atoms with Gasteiger partial charge in [0.05, 0.1) is 0 Å². The maximum absolute atomic E-state index is 2.34. The van der Waals surface area contributed by atoms with E-state index >= 15 is 0 Å². The van der Waals surface area contributed by atoms with Crippen LogP contribution in [0.4, 0.5) is 0 Å². The minimum Gasteiger partial charge on any atom is -0.0617 e. The molecule has 1 saturated carbocycles. The maximum atomic E-state index is 2.34. The molecule has 1 aliphatic rings. The van der Waals surface area contributed by atoms with Crippen molar-refractivity contribution in [2.75, 3.05) is 0 Å². The highest BCUT2D eigenvalue weighted by atomic mass is 14.2. The normalized spacial score (nSPS) is 14.7. The molecular weight excluding hydrogens is 312 g/mol. The molecule has 0 atom stereocenters. The zero-order valence-corrected chi connectivity index (χ0v) is 16.2. The molecule has 0 saturated heterocycles. The molecule has 3 aromatic rings. The Morgan fingerprint density at radius 1 is 0.731 bits per heavy atom. The Balaban J connectivity index is 2.05. The Bertz CT molecular complexity index is 952. The lowest BCUT2D eigenvalue weighted by atomic mass is 9.80. The predicted molar refractivity (Wildman–Crippen MR) is 114 cm³/mol. The van der Waals surface area contributed by atoms with E-state index < -0.39 is 0 Å². The molecule has 0 bridgehead atoms. The van der Waals surface area contributed by atoms with Crippen LogP contribution in [0.1, 0.15) is 59.9 Å². The van der Waals surface area contributed by atoms with Crippen LogP contribution in [0, 0.1) is 20.8 Å². The van der Waals surface area contributed by atoms with Crippen LogP contribution in [-0.4, -0.2) is 0 Å². The van der Waals surface area contributed by atoms with E-state index in [1.54, 1.807) is 5.57 Å². The van der Waals surface area contributed by atoms with Gasteiger partial charge in [-0.25, -0.2) is 0 Å². The third-order valence-corrected chi connectivity index (χ3v) is 5.80. The van der Waals surface area contributed by atoms with Crippen molar-refractivity contribution in [2.24, 2.45) is 0 Å². The van der Waals surface area contributed by atoms with Gasteiger partial charge in [-0.05, 0) is 85.1 Å². The molecule has 26 heavy (non-hydrogen) atoms. The molecule has 0 unspecified atom stereocenters. The molecule has 0 aromatic heterocycles. The van der Waals surface area contributed by atoms with Gasteiger partial charge in [-0.3, -0.25) is 0 Å². The summed E-state index contributed by atoms with van der Waals surface area (Å²) in [6, 6.07) is 20.3. The summed E-state index contributed by atoms with van der Waals surface area (Å²) in [5.41, 5.74) is 10.2. The minimum atomic E-state index is 1.24. The number of aryl methyl sites for hydroxylation is 3. The number of hydrogen-bond donors (Lipinski definition) is 0. The molecule has 0 nitrogen and oxygen atoms in total. The summed E-state index contributed by atoms with van der Waals surface area (Å²) in [5, 5.41) is 2.71. The fourth-order valence-corrected chi connectivity index (χ4v) is 4.75. The Kier molecular flexibility index (Phi) is 4.68. The van der Waals surface area contributed by atoms with Gasteiger partial charge in [0.25, 0.3) is 0 Å². The van der Waals surface area contributed by atoms with Gasteiger partial charge in [-0.2, -0.15) is 0 Å². The van der Waals surface area contributed by atoms with Gasteiger partial charge < -0.3 is 0 Å². The second-order valence-corrected chi connectivity index (χ2v) is 7.84. The number of benzene rings is 3. The van der Waals surface area contributed by atoms with Crippen molar-refractivity contribution in [3.05, 3.63) is 88.0 Å². The molecule has 132 valence electrons. The molecule has 1 aliphatic carbocycles. The molecule has 3 aromatic carbocycles. The number of fused-ring (bicyclic) bond motifs is 1. The summed E-state index contributed by atoms with van der Waals surface area (Å²) in [4.78, 5) is 0. The van der Waals surface area contributed by atoms with Crippen molar-refractivity contribution in [3.63, 3.8) is 0 Å². The zero-order valence-electron chi connectivity index (χ0n) is 16.2. The second kappa shape index (κ2) is 7.11. The Labute approximate surface area is 157 Å². The van der Waals surface area contributed by atoms with Gasteiger partial charge in [0.2, 0.25) is 0 Å². The van der Waals surface area contributed by atoms with Crippen LogP contribution in [0.3, 0.4) is 0 Å². The van der Waals surface area contributed by atoms with E-state index in [9.17, 15) is 0 Å². The highest BCUT2D eigenvalue weighted by Crippen LogP contribution is 2.40. The molecular formula is C26H28. The first kappa shape index (κ1) is 17.1. The van der Waals surface area contributed by atoms with Gasteiger partial charge in [0.1, 0.15) is 0 Å². The first-order chi connectivity index (χ1) is 12.6. The van der Waals surface area contributed by atoms with Crippen LogP contribution < -0.4 is 0 Å². The van der Waals surface area contributed by atoms with Crippen molar-refractivity contribution < 1.29 is 0 Å². The van der Waals surface area contributed by atoms with Crippen molar-refractivity contribution >= 4 is 16.3 Å². The van der Waals surface area contributed by atoms with Crippen molar-refractivity contribution in [2.45, 2.75) is 52.9 Å². The quantitative estimate of drug-likeness (QED) is 0.452. The highest BCUT2D eigenvalue weighted by Gasteiger charge is 2.19. The van der Waals surface area contributed by atoms with Gasteiger partial charge >= 0.3 is 0 Å². The lowest BCUT2D eigenvalue weighted by Crippen LogP contribution is -2.04. The standard InChI is InChI=1S/C26H28/c1-18-16-19(2)25(20(3)17-18)26(22-11-5-4-6-12-22)24-15-9-13-21-10-7-8-14-23(21)24/h7-10,13-17H,4-6,11-12H2,1-3H3. The van der Waals surface area contributed by atoms with Crippen molar-refractivity contribution in [3.8, 4) is 0 Å². The molecule has 0 heteroatoms. The summed E-state index contributed by atoms with van der Waals surface area (Å²) in [6.45, 7) is 6.77. The van der Waals surface area contributed by atoms with Gasteiger partial charge in [-0.1, -0.05) is 72.2 Å². The van der Waals surface area contributed by atoms with E-state index in [2.05, 4.69) is 75.4 Å². The molecule has 0 radical (unpaired) electrons. The monoisotopic (exact) mass is 340 g/mol. The topological polar surface area (TPSA) is 0 Å². The summed E-state index contributed by atoms with van der Waals surface area (Å²) >= 11 is 0. The maximum Gasteiger partial charge on any atom is -0.00996 e. The van der Waals surface area contributed by atoms with Crippen LogP contribution >= 0.6 is 0 Å². The average Bonchev–Trinajstić information content (AvgIpc) is 2.65. The highest BCUT2D eigenvalue weighted by molar-refractivity contribution is 5.99. The molecule has 0 amide bonds. The first-order valence-electron chi connectivity index (χ1n) is 9.93. The first-order valence-corrected chi connectivity index (χ1v) is 9.93. The Morgan fingerprint density at radius 3 is 2.12 bits per heavy atom. The van der Waals surface area contributed by atoms with E-state index in [4.69, 9.17) is 0 Å². The van der Waals surface area contributed by atoms with Crippen LogP contribution in [0.25, 0.3) is 16.3 Å². The van der Waals surface area contributed by atoms with E-state index in [0.29, 0.717) is 0 Å². The number of hydrogen-bond acceptors (Lipinski definition) is 0. The number of rotatable bonds is 2. The lowest BCUT2D eigenvalue weighted by molar-refractivity contribution is 0.601.